The van der Waals surface area contributed by atoms with Gasteiger partial charge >= 0.3 is 0 Å². The molecule has 88 valence electrons. The molecule has 3 nitrogen and oxygen atoms in total. The van der Waals surface area contributed by atoms with Gasteiger partial charge in [0.15, 0.2) is 0 Å². The van der Waals surface area contributed by atoms with Gasteiger partial charge in [-0.15, -0.1) is 11.3 Å². The maximum absolute atomic E-state index is 6.40. The lowest BCUT2D eigenvalue weighted by Gasteiger charge is -2.19. The number of hydrogen-bond acceptors (Lipinski definition) is 4. The molecule has 2 aromatic heterocycles. The number of rotatable bonds is 2. The van der Waals surface area contributed by atoms with Gasteiger partial charge in [-0.3, -0.25) is 4.98 Å². The van der Waals surface area contributed by atoms with Gasteiger partial charge in [0.05, 0.1) is 11.2 Å². The molecule has 1 aliphatic rings. The van der Waals surface area contributed by atoms with Crippen molar-refractivity contribution in [3.63, 3.8) is 0 Å². The molecule has 0 aliphatic heterocycles. The van der Waals surface area contributed by atoms with Crippen LogP contribution in [0.25, 0.3) is 11.3 Å². The zero-order chi connectivity index (χ0) is 11.7. The highest BCUT2D eigenvalue weighted by molar-refractivity contribution is 7.10. The second kappa shape index (κ2) is 4.20. The Morgan fingerprint density at radius 2 is 2.12 bits per heavy atom. The van der Waals surface area contributed by atoms with Crippen molar-refractivity contribution in [1.82, 2.24) is 9.97 Å². The topological polar surface area (TPSA) is 51.8 Å². The monoisotopic (exact) mass is 245 g/mol. The molecule has 1 fully saturated rings. The first kappa shape index (κ1) is 10.9. The molecule has 1 saturated carbocycles. The summed E-state index contributed by atoms with van der Waals surface area (Å²) in [6.45, 7) is 0. The second-order valence-electron chi connectivity index (χ2n) is 4.64. The maximum atomic E-state index is 6.40. The predicted octanol–water partition coefficient (Wildman–Crippen LogP) is 2.93. The Bertz CT molecular complexity index is 500. The van der Waals surface area contributed by atoms with E-state index in [0.29, 0.717) is 0 Å². The van der Waals surface area contributed by atoms with E-state index < -0.39 is 0 Å². The minimum absolute atomic E-state index is 0.175. The van der Waals surface area contributed by atoms with Crippen molar-refractivity contribution in [1.29, 1.82) is 0 Å². The molecule has 2 aromatic rings. The van der Waals surface area contributed by atoms with Crippen molar-refractivity contribution in [2.75, 3.05) is 0 Å². The van der Waals surface area contributed by atoms with Crippen LogP contribution in [0.1, 0.15) is 30.7 Å². The molecule has 0 spiro atoms. The van der Waals surface area contributed by atoms with Gasteiger partial charge in [0.2, 0.25) is 0 Å². The van der Waals surface area contributed by atoms with Crippen molar-refractivity contribution in [2.45, 2.75) is 31.2 Å². The van der Waals surface area contributed by atoms with Gasteiger partial charge in [0, 0.05) is 23.3 Å². The largest absolute Gasteiger partial charge is 0.319 e. The quantitative estimate of drug-likeness (QED) is 0.885. The number of pyridine rings is 1. The summed E-state index contributed by atoms with van der Waals surface area (Å²) in [4.78, 5) is 8.81. The first-order valence-electron chi connectivity index (χ1n) is 5.93. The lowest BCUT2D eigenvalue weighted by molar-refractivity contribution is 0.459. The fourth-order valence-corrected chi connectivity index (χ4v) is 3.37. The van der Waals surface area contributed by atoms with Crippen LogP contribution in [-0.2, 0) is 5.54 Å². The van der Waals surface area contributed by atoms with Crippen LogP contribution in [0.2, 0.25) is 0 Å². The smallest absolute Gasteiger partial charge is 0.113 e. The fourth-order valence-electron chi connectivity index (χ4n) is 2.37. The lowest BCUT2D eigenvalue weighted by Crippen LogP contribution is -2.32. The zero-order valence-corrected chi connectivity index (χ0v) is 10.4. The van der Waals surface area contributed by atoms with Crippen LogP contribution in [0.3, 0.4) is 0 Å². The summed E-state index contributed by atoms with van der Waals surface area (Å²) in [5, 5.41) is 3.16. The summed E-state index contributed by atoms with van der Waals surface area (Å²) in [6, 6.07) is 3.96. The summed E-state index contributed by atoms with van der Waals surface area (Å²) in [5.41, 5.74) is 8.29. The highest BCUT2D eigenvalue weighted by atomic mass is 32.1. The normalized spacial score (nSPS) is 18.4. The first-order chi connectivity index (χ1) is 8.28. The average Bonchev–Trinajstić information content (AvgIpc) is 2.99. The Labute approximate surface area is 105 Å². The van der Waals surface area contributed by atoms with Gasteiger partial charge in [-0.2, -0.15) is 0 Å². The van der Waals surface area contributed by atoms with Crippen LogP contribution in [0, 0.1) is 0 Å². The molecule has 0 saturated heterocycles. The fraction of sp³-hybridized carbons (Fsp3) is 0.385. The van der Waals surface area contributed by atoms with Gasteiger partial charge in [-0.05, 0) is 25.0 Å². The van der Waals surface area contributed by atoms with E-state index in [1.807, 2.05) is 18.3 Å². The van der Waals surface area contributed by atoms with E-state index in [2.05, 4.69) is 15.3 Å². The van der Waals surface area contributed by atoms with Crippen LogP contribution >= 0.6 is 11.3 Å². The van der Waals surface area contributed by atoms with Crippen molar-refractivity contribution in [3.05, 3.63) is 34.9 Å². The molecule has 17 heavy (non-hydrogen) atoms. The molecule has 4 heteroatoms. The van der Waals surface area contributed by atoms with Crippen LogP contribution in [-0.4, -0.2) is 9.97 Å². The molecule has 0 unspecified atom stereocenters. The Morgan fingerprint density at radius 3 is 2.82 bits per heavy atom. The van der Waals surface area contributed by atoms with E-state index in [9.17, 15) is 0 Å². The van der Waals surface area contributed by atoms with E-state index in [1.54, 1.807) is 17.5 Å². The molecule has 0 aromatic carbocycles. The number of nitrogens with zero attached hydrogens (tertiary/aromatic N) is 2. The van der Waals surface area contributed by atoms with Crippen molar-refractivity contribution >= 4 is 11.3 Å². The minimum atomic E-state index is -0.175. The van der Waals surface area contributed by atoms with E-state index >= 15 is 0 Å². The third-order valence-corrected chi connectivity index (χ3v) is 4.45. The SMILES string of the molecule is NC1(c2nc(-c3cccnc3)cs2)CCCC1. The zero-order valence-electron chi connectivity index (χ0n) is 9.60. The van der Waals surface area contributed by atoms with Crippen LogP contribution in [0.5, 0.6) is 0 Å². The Balaban J connectivity index is 1.93. The van der Waals surface area contributed by atoms with Crippen LogP contribution < -0.4 is 5.73 Å². The molecular formula is C13H15N3S. The highest BCUT2D eigenvalue weighted by Gasteiger charge is 2.34. The number of nitrogens with two attached hydrogens (primary N) is 1. The van der Waals surface area contributed by atoms with Gasteiger partial charge in [0.25, 0.3) is 0 Å². The molecular weight excluding hydrogens is 230 g/mol. The Morgan fingerprint density at radius 1 is 1.29 bits per heavy atom. The van der Waals surface area contributed by atoms with E-state index in [-0.39, 0.29) is 5.54 Å². The van der Waals surface area contributed by atoms with Crippen molar-refractivity contribution in [2.24, 2.45) is 5.73 Å². The van der Waals surface area contributed by atoms with Crippen molar-refractivity contribution in [3.8, 4) is 11.3 Å². The lowest BCUT2D eigenvalue weighted by atomic mass is 10.0. The van der Waals surface area contributed by atoms with Crippen molar-refractivity contribution < 1.29 is 0 Å². The molecule has 0 amide bonds. The molecule has 3 rings (SSSR count). The second-order valence-corrected chi connectivity index (χ2v) is 5.50. The third-order valence-electron chi connectivity index (χ3n) is 3.38. The summed E-state index contributed by atoms with van der Waals surface area (Å²) < 4.78 is 0. The van der Waals surface area contributed by atoms with Gasteiger partial charge in [0.1, 0.15) is 5.01 Å². The predicted molar refractivity (Wildman–Crippen MR) is 69.7 cm³/mol. The minimum Gasteiger partial charge on any atom is -0.319 e. The molecule has 0 atom stereocenters. The van der Waals surface area contributed by atoms with Gasteiger partial charge in [-0.25, -0.2) is 4.98 Å². The molecule has 0 radical (unpaired) electrons. The van der Waals surface area contributed by atoms with Gasteiger partial charge in [-0.1, -0.05) is 12.8 Å². The summed E-state index contributed by atoms with van der Waals surface area (Å²) in [6.07, 6.45) is 8.19. The first-order valence-corrected chi connectivity index (χ1v) is 6.81. The van der Waals surface area contributed by atoms with Gasteiger partial charge < -0.3 is 5.73 Å². The third kappa shape index (κ3) is 1.98. The molecule has 0 bridgehead atoms. The average molecular weight is 245 g/mol. The highest BCUT2D eigenvalue weighted by Crippen LogP contribution is 2.38. The molecule has 1 aliphatic carbocycles. The number of hydrogen-bond donors (Lipinski definition) is 1. The summed E-state index contributed by atoms with van der Waals surface area (Å²) in [7, 11) is 0. The number of aromatic nitrogens is 2. The van der Waals surface area contributed by atoms with E-state index in [1.165, 1.54) is 12.8 Å². The van der Waals surface area contributed by atoms with E-state index in [4.69, 9.17) is 5.73 Å². The van der Waals surface area contributed by atoms with Crippen LogP contribution in [0.4, 0.5) is 0 Å². The summed E-state index contributed by atoms with van der Waals surface area (Å²) in [5.74, 6) is 0. The maximum Gasteiger partial charge on any atom is 0.113 e. The van der Waals surface area contributed by atoms with Crippen LogP contribution in [0.15, 0.2) is 29.9 Å². The number of thiazole rings is 1. The molecule has 2 heterocycles. The standard InChI is InChI=1S/C13H15N3S/c14-13(5-1-2-6-13)12-16-11(9-17-12)10-4-3-7-15-8-10/h3-4,7-9H,1-2,5-6,14H2. The van der Waals surface area contributed by atoms with E-state index in [0.717, 1.165) is 29.1 Å². The summed E-state index contributed by atoms with van der Waals surface area (Å²) >= 11 is 1.68. The molecule has 2 N–H and O–H groups in total. The Kier molecular flexibility index (Phi) is 2.68. The Hall–Kier alpha value is -1.26.